The fourth-order valence-corrected chi connectivity index (χ4v) is 5.98. The third kappa shape index (κ3) is 10.6. The van der Waals surface area contributed by atoms with E-state index in [1.54, 1.807) is 24.3 Å². The molecule has 336 valence electrons. The van der Waals surface area contributed by atoms with Gasteiger partial charge in [-0.2, -0.15) is 0 Å². The fraction of sp³-hybridized carbons (Fsp3) is 0.302. The lowest BCUT2D eigenvalue weighted by atomic mass is 10.1. The van der Waals surface area contributed by atoms with Crippen LogP contribution in [0.5, 0.6) is 57.5 Å². The molecule has 0 radical (unpaired) electrons. The highest BCUT2D eigenvalue weighted by molar-refractivity contribution is 5.89. The molecule has 2 aromatic heterocycles. The van der Waals surface area contributed by atoms with Gasteiger partial charge in [-0.25, -0.2) is 0 Å². The molecule has 0 aliphatic carbocycles. The number of aromatic hydroxyl groups is 2. The number of hydrogen-bond donors (Lipinski definition) is 2. The first-order valence-electron chi connectivity index (χ1n) is 18.6. The van der Waals surface area contributed by atoms with Crippen LogP contribution in [0.25, 0.3) is 44.6 Å². The molecule has 20 heteroatoms. The zero-order valence-electron chi connectivity index (χ0n) is 35.0. The number of fused-ring (bicyclic) bond motifs is 2. The van der Waals surface area contributed by atoms with Gasteiger partial charge in [-0.3, -0.25) is 9.59 Å². The molecule has 0 amide bonds. The Labute approximate surface area is 358 Å². The van der Waals surface area contributed by atoms with Crippen molar-refractivity contribution in [1.29, 1.82) is 0 Å². The van der Waals surface area contributed by atoms with Gasteiger partial charge in [-0.05, 0) is 36.4 Å². The van der Waals surface area contributed by atoms with E-state index in [1.807, 2.05) is 0 Å². The zero-order chi connectivity index (χ0) is 44.9. The zero-order valence-corrected chi connectivity index (χ0v) is 35.0. The van der Waals surface area contributed by atoms with E-state index in [1.165, 1.54) is 79.1 Å². The summed E-state index contributed by atoms with van der Waals surface area (Å²) in [6.45, 7) is -1.72. The van der Waals surface area contributed by atoms with Crippen molar-refractivity contribution < 1.29 is 85.4 Å². The van der Waals surface area contributed by atoms with Gasteiger partial charge in [-0.1, -0.05) is 0 Å². The van der Waals surface area contributed by atoms with E-state index in [9.17, 15) is 19.8 Å². The van der Waals surface area contributed by atoms with Gasteiger partial charge in [0.2, 0.25) is 29.1 Å². The first-order valence-corrected chi connectivity index (χ1v) is 18.6. The van der Waals surface area contributed by atoms with Crippen LogP contribution in [0.1, 0.15) is 0 Å². The molecule has 0 aliphatic rings. The minimum atomic E-state index is -0.692. The largest absolute Gasteiger partial charge is 0.507 e. The van der Waals surface area contributed by atoms with E-state index >= 15 is 0 Å². The first kappa shape index (κ1) is 45.6. The van der Waals surface area contributed by atoms with E-state index in [4.69, 9.17) is 75.2 Å². The Morgan fingerprint density at radius 2 is 0.762 bits per heavy atom. The molecule has 6 aromatic rings. The standard InChI is InChI=1S/C43H44O20/c1-48-17-54-26-13-28(44)36-34(15-26)62-40(42(38(36)46)60-21-52-5)24-7-9-30(56-19-50-3)32(11-24)58-23-59-33-12-25(8-10-31(33)57-20-51-4)41-43(61-22-53-6)39(47)37-29(45)14-27(55-18-49-2)16-35(37)63-41/h7-16,44-45H,17-23H2,1-6H3. The maximum absolute atomic E-state index is 13.8. The third-order valence-electron chi connectivity index (χ3n) is 8.65. The van der Waals surface area contributed by atoms with Crippen LogP contribution in [-0.4, -0.2) is 100 Å². The van der Waals surface area contributed by atoms with Crippen LogP contribution in [0.15, 0.2) is 79.1 Å². The van der Waals surface area contributed by atoms with Crippen molar-refractivity contribution in [2.45, 2.75) is 0 Å². The SMILES string of the molecule is COCOc1cc(O)c2c(=O)c(OCOC)c(-c3ccc(OCOC)c(OCOc4cc(-c5oc6cc(OCOC)cc(O)c6c(=O)c5OCOC)ccc4OCOC)c3)oc2c1. The Kier molecular flexibility index (Phi) is 15.7. The van der Waals surface area contributed by atoms with Crippen molar-refractivity contribution >= 4 is 21.9 Å². The topological polar surface area (TPSA) is 230 Å². The Hall–Kier alpha value is -6.94. The van der Waals surface area contributed by atoms with Crippen molar-refractivity contribution in [1.82, 2.24) is 0 Å². The van der Waals surface area contributed by atoms with Gasteiger partial charge < -0.3 is 85.4 Å². The summed E-state index contributed by atoms with van der Waals surface area (Å²) in [7, 11) is 8.50. The molecule has 4 aromatic carbocycles. The monoisotopic (exact) mass is 880 g/mol. The lowest BCUT2D eigenvalue weighted by Gasteiger charge is -2.18. The van der Waals surface area contributed by atoms with E-state index in [0.29, 0.717) is 0 Å². The maximum atomic E-state index is 13.8. The van der Waals surface area contributed by atoms with Crippen molar-refractivity contribution in [3.05, 3.63) is 81.1 Å². The highest BCUT2D eigenvalue weighted by Gasteiger charge is 2.25. The van der Waals surface area contributed by atoms with Crippen LogP contribution in [-0.2, 0) is 28.4 Å². The van der Waals surface area contributed by atoms with Gasteiger partial charge in [-0.15, -0.1) is 0 Å². The summed E-state index contributed by atoms with van der Waals surface area (Å²) < 4.78 is 88.9. The summed E-state index contributed by atoms with van der Waals surface area (Å²) >= 11 is 0. The summed E-state index contributed by atoms with van der Waals surface area (Å²) in [6.07, 6.45) is 0. The molecule has 0 bridgehead atoms. The molecular weight excluding hydrogens is 836 g/mol. The van der Waals surface area contributed by atoms with Gasteiger partial charge >= 0.3 is 0 Å². The highest BCUT2D eigenvalue weighted by atomic mass is 16.7. The van der Waals surface area contributed by atoms with Gasteiger partial charge in [0.15, 0.2) is 75.3 Å². The smallest absolute Gasteiger partial charge is 0.239 e. The molecule has 0 aliphatic heterocycles. The number of phenols is 2. The molecule has 63 heavy (non-hydrogen) atoms. The molecule has 0 saturated heterocycles. The maximum Gasteiger partial charge on any atom is 0.239 e. The molecule has 0 saturated carbocycles. The Bertz CT molecular complexity index is 2440. The fourth-order valence-electron chi connectivity index (χ4n) is 5.98. The highest BCUT2D eigenvalue weighted by Crippen LogP contribution is 2.42. The number of benzene rings is 4. The molecule has 0 spiro atoms. The van der Waals surface area contributed by atoms with Crippen molar-refractivity contribution in [3.63, 3.8) is 0 Å². The van der Waals surface area contributed by atoms with Gasteiger partial charge in [0, 0.05) is 78.1 Å². The van der Waals surface area contributed by atoms with E-state index in [2.05, 4.69) is 0 Å². The molecule has 20 nitrogen and oxygen atoms in total. The minimum absolute atomic E-state index is 0.0189. The Morgan fingerprint density at radius 3 is 1.14 bits per heavy atom. The van der Waals surface area contributed by atoms with Crippen LogP contribution in [0.2, 0.25) is 0 Å². The Balaban J connectivity index is 1.39. The average Bonchev–Trinajstić information content (AvgIpc) is 3.28. The second-order valence-electron chi connectivity index (χ2n) is 12.8. The predicted molar refractivity (Wildman–Crippen MR) is 220 cm³/mol. The van der Waals surface area contributed by atoms with Crippen molar-refractivity contribution in [2.24, 2.45) is 0 Å². The lowest BCUT2D eigenvalue weighted by Crippen LogP contribution is -2.13. The quantitative estimate of drug-likeness (QED) is 0.0668. The van der Waals surface area contributed by atoms with Crippen LogP contribution in [0.3, 0.4) is 0 Å². The van der Waals surface area contributed by atoms with Crippen LogP contribution in [0, 0.1) is 0 Å². The van der Waals surface area contributed by atoms with Crippen molar-refractivity contribution in [3.8, 4) is 80.1 Å². The number of phenolic OH excluding ortho intramolecular Hbond substituents is 2. The van der Waals surface area contributed by atoms with Gasteiger partial charge in [0.05, 0.1) is 0 Å². The number of ether oxygens (including phenoxy) is 14. The summed E-state index contributed by atoms with van der Waals surface area (Å²) in [5.41, 5.74) is -0.856. The van der Waals surface area contributed by atoms with E-state index in [-0.39, 0.29) is 131 Å². The Morgan fingerprint density at radius 1 is 0.413 bits per heavy atom. The summed E-state index contributed by atoms with van der Waals surface area (Å²) in [4.78, 5) is 27.6. The number of methoxy groups -OCH3 is 6. The second-order valence-corrected chi connectivity index (χ2v) is 12.8. The molecule has 0 unspecified atom stereocenters. The lowest BCUT2D eigenvalue weighted by molar-refractivity contribution is 0.0404. The average molecular weight is 881 g/mol. The summed E-state index contributed by atoms with van der Waals surface area (Å²) in [5.74, 6) is -0.489. The number of rotatable bonds is 24. The van der Waals surface area contributed by atoms with Gasteiger partial charge in [0.1, 0.15) is 44.9 Å². The van der Waals surface area contributed by atoms with E-state index in [0.717, 1.165) is 0 Å². The minimum Gasteiger partial charge on any atom is -0.507 e. The van der Waals surface area contributed by atoms with Crippen LogP contribution in [0.4, 0.5) is 0 Å². The van der Waals surface area contributed by atoms with Gasteiger partial charge in [0.25, 0.3) is 0 Å². The third-order valence-corrected chi connectivity index (χ3v) is 8.65. The summed E-state index contributed by atoms with van der Waals surface area (Å²) in [6, 6.07) is 14.6. The molecular formula is C43H44O20. The van der Waals surface area contributed by atoms with Crippen LogP contribution < -0.4 is 48.8 Å². The van der Waals surface area contributed by atoms with Crippen molar-refractivity contribution in [2.75, 3.05) is 90.2 Å². The molecule has 6 rings (SSSR count). The second kappa shape index (κ2) is 21.7. The molecule has 0 atom stereocenters. The van der Waals surface area contributed by atoms with E-state index < -0.39 is 29.1 Å². The molecule has 0 fully saturated rings. The number of hydrogen-bond acceptors (Lipinski definition) is 20. The van der Waals surface area contributed by atoms with Crippen LogP contribution >= 0.6 is 0 Å². The molecule has 2 heterocycles. The molecule has 2 N–H and O–H groups in total. The summed E-state index contributed by atoms with van der Waals surface area (Å²) in [5, 5.41) is 21.3. The predicted octanol–water partition coefficient (Wildman–Crippen LogP) is 5.96. The first-order chi connectivity index (χ1) is 30.6. The normalized spacial score (nSPS) is 11.1.